The third kappa shape index (κ3) is 3.63. The molecule has 0 aromatic heterocycles. The monoisotopic (exact) mass is 304 g/mol. The highest BCUT2D eigenvalue weighted by Crippen LogP contribution is 2.35. The Morgan fingerprint density at radius 3 is 2.71 bits per heavy atom. The Morgan fingerprint density at radius 1 is 1.48 bits per heavy atom. The molecule has 21 heavy (non-hydrogen) atoms. The van der Waals surface area contributed by atoms with Crippen LogP contribution in [0.2, 0.25) is 0 Å². The topological polar surface area (TPSA) is 64.4 Å². The highest BCUT2D eigenvalue weighted by Gasteiger charge is 2.33. The summed E-state index contributed by atoms with van der Waals surface area (Å²) in [6, 6.07) is 2.38. The summed E-state index contributed by atoms with van der Waals surface area (Å²) in [4.78, 5) is 10.2. The lowest BCUT2D eigenvalue weighted by Gasteiger charge is -2.20. The molecule has 1 aromatic carbocycles. The Hall–Kier alpha value is -1.83. The molecule has 2 unspecified atom stereocenters. The van der Waals surface area contributed by atoms with Crippen molar-refractivity contribution in [3.8, 4) is 0 Å². The van der Waals surface area contributed by atoms with Crippen LogP contribution in [0.1, 0.15) is 18.9 Å². The predicted octanol–water partition coefficient (Wildman–Crippen LogP) is 3.45. The number of nitrogens with one attached hydrogen (secondary N) is 1. The van der Waals surface area contributed by atoms with Crippen LogP contribution in [0.5, 0.6) is 0 Å². The fourth-order valence-corrected chi connectivity index (χ4v) is 2.29. The van der Waals surface area contributed by atoms with Crippen molar-refractivity contribution in [2.45, 2.75) is 25.6 Å². The molecule has 1 fully saturated rings. The summed E-state index contributed by atoms with van der Waals surface area (Å²) in [5.74, 6) is 0.187. The summed E-state index contributed by atoms with van der Waals surface area (Å²) in [7, 11) is 0. The number of alkyl halides is 3. The van der Waals surface area contributed by atoms with Gasteiger partial charge in [0.15, 0.2) is 0 Å². The number of anilines is 1. The molecule has 5 nitrogen and oxygen atoms in total. The third-order valence-electron chi connectivity index (χ3n) is 3.58. The summed E-state index contributed by atoms with van der Waals surface area (Å²) in [6.45, 7) is 3.01. The molecule has 0 aliphatic carbocycles. The van der Waals surface area contributed by atoms with E-state index in [9.17, 15) is 23.3 Å². The van der Waals surface area contributed by atoms with Gasteiger partial charge in [0, 0.05) is 24.6 Å². The van der Waals surface area contributed by atoms with E-state index in [0.717, 1.165) is 18.6 Å². The Kier molecular flexibility index (Phi) is 4.36. The van der Waals surface area contributed by atoms with E-state index in [1.54, 1.807) is 0 Å². The van der Waals surface area contributed by atoms with Gasteiger partial charge in [-0.3, -0.25) is 10.1 Å². The first-order valence-corrected chi connectivity index (χ1v) is 6.49. The van der Waals surface area contributed by atoms with Crippen molar-refractivity contribution in [1.82, 2.24) is 0 Å². The highest BCUT2D eigenvalue weighted by atomic mass is 19.4. The van der Waals surface area contributed by atoms with E-state index in [2.05, 4.69) is 5.32 Å². The van der Waals surface area contributed by atoms with Gasteiger partial charge in [-0.1, -0.05) is 0 Å². The van der Waals surface area contributed by atoms with Gasteiger partial charge >= 0.3 is 6.18 Å². The first kappa shape index (κ1) is 15.6. The molecule has 0 bridgehead atoms. The zero-order chi connectivity index (χ0) is 15.6. The highest BCUT2D eigenvalue weighted by molar-refractivity contribution is 5.63. The van der Waals surface area contributed by atoms with Gasteiger partial charge in [0.05, 0.1) is 17.1 Å². The molecular weight excluding hydrogens is 289 g/mol. The summed E-state index contributed by atoms with van der Waals surface area (Å²) >= 11 is 0. The number of rotatable bonds is 4. The van der Waals surface area contributed by atoms with Crippen LogP contribution in [0, 0.1) is 16.0 Å². The zero-order valence-electron chi connectivity index (χ0n) is 11.3. The number of ether oxygens (including phenoxy) is 1. The van der Waals surface area contributed by atoms with E-state index >= 15 is 0 Å². The summed E-state index contributed by atoms with van der Waals surface area (Å²) in [5, 5.41) is 13.9. The lowest BCUT2D eigenvalue weighted by atomic mass is 10.00. The van der Waals surface area contributed by atoms with Gasteiger partial charge in [-0.05, 0) is 25.5 Å². The summed E-state index contributed by atoms with van der Waals surface area (Å²) in [6.07, 6.45) is -3.78. The van der Waals surface area contributed by atoms with E-state index in [1.165, 1.54) is 0 Å². The van der Waals surface area contributed by atoms with E-state index in [0.29, 0.717) is 19.3 Å². The molecule has 1 N–H and O–H groups in total. The van der Waals surface area contributed by atoms with Gasteiger partial charge in [0.25, 0.3) is 5.69 Å². The van der Waals surface area contributed by atoms with E-state index in [4.69, 9.17) is 4.74 Å². The van der Waals surface area contributed by atoms with Gasteiger partial charge in [-0.15, -0.1) is 0 Å². The van der Waals surface area contributed by atoms with Crippen molar-refractivity contribution >= 4 is 11.4 Å². The van der Waals surface area contributed by atoms with E-state index < -0.39 is 22.4 Å². The first-order chi connectivity index (χ1) is 9.79. The van der Waals surface area contributed by atoms with Crippen molar-refractivity contribution in [2.75, 3.05) is 18.5 Å². The predicted molar refractivity (Wildman–Crippen MR) is 70.1 cm³/mol. The zero-order valence-corrected chi connectivity index (χ0v) is 11.3. The first-order valence-electron chi connectivity index (χ1n) is 6.49. The molecule has 2 atom stereocenters. The lowest BCUT2D eigenvalue weighted by Crippen LogP contribution is -2.26. The molecule has 1 heterocycles. The average molecular weight is 304 g/mol. The minimum Gasteiger partial charge on any atom is -0.381 e. The molecule has 1 saturated heterocycles. The number of halogens is 3. The molecule has 1 aliphatic rings. The van der Waals surface area contributed by atoms with Crippen molar-refractivity contribution in [3.05, 3.63) is 33.9 Å². The van der Waals surface area contributed by atoms with Crippen LogP contribution in [-0.4, -0.2) is 24.2 Å². The second-order valence-electron chi connectivity index (χ2n) is 5.04. The number of nitro groups is 1. The Bertz CT molecular complexity index is 528. The number of hydrogen-bond acceptors (Lipinski definition) is 4. The third-order valence-corrected chi connectivity index (χ3v) is 3.58. The normalized spacial score (nSPS) is 20.3. The van der Waals surface area contributed by atoms with Crippen LogP contribution < -0.4 is 5.32 Å². The largest absolute Gasteiger partial charge is 0.416 e. The van der Waals surface area contributed by atoms with Crippen molar-refractivity contribution in [2.24, 2.45) is 5.92 Å². The molecule has 8 heteroatoms. The average Bonchev–Trinajstić information content (AvgIpc) is 2.91. The van der Waals surface area contributed by atoms with Gasteiger partial charge < -0.3 is 10.1 Å². The Labute approximate surface area is 119 Å². The number of nitro benzene ring substituents is 1. The maximum absolute atomic E-state index is 12.6. The summed E-state index contributed by atoms with van der Waals surface area (Å²) in [5.41, 5.74) is -1.51. The van der Waals surface area contributed by atoms with Crippen molar-refractivity contribution < 1.29 is 22.8 Å². The summed E-state index contributed by atoms with van der Waals surface area (Å²) < 4.78 is 43.1. The second kappa shape index (κ2) is 5.88. The standard InChI is InChI=1S/C13H15F3N2O3/c1-8(9-4-5-21-7-9)17-11-3-2-10(13(14,15)16)6-12(11)18(19)20/h2-3,6,8-9,17H,4-5,7H2,1H3. The molecule has 116 valence electrons. The number of hydrogen-bond donors (Lipinski definition) is 1. The molecule has 1 aliphatic heterocycles. The molecule has 2 rings (SSSR count). The fraction of sp³-hybridized carbons (Fsp3) is 0.538. The van der Waals surface area contributed by atoms with E-state index in [-0.39, 0.29) is 17.6 Å². The number of nitrogens with zero attached hydrogens (tertiary/aromatic N) is 1. The van der Waals surface area contributed by atoms with Crippen LogP contribution in [-0.2, 0) is 10.9 Å². The van der Waals surface area contributed by atoms with Crippen molar-refractivity contribution in [1.29, 1.82) is 0 Å². The molecular formula is C13H15F3N2O3. The van der Waals surface area contributed by atoms with Crippen LogP contribution in [0.3, 0.4) is 0 Å². The molecule has 0 radical (unpaired) electrons. The van der Waals surface area contributed by atoms with E-state index in [1.807, 2.05) is 6.92 Å². The second-order valence-corrected chi connectivity index (χ2v) is 5.04. The van der Waals surface area contributed by atoms with Gasteiger partial charge in [0.1, 0.15) is 5.69 Å². The van der Waals surface area contributed by atoms with Gasteiger partial charge in [0.2, 0.25) is 0 Å². The SMILES string of the molecule is CC(Nc1ccc(C(F)(F)F)cc1[N+](=O)[O-])C1CCOC1. The molecule has 0 spiro atoms. The van der Waals surface area contributed by atoms with Gasteiger partial charge in [-0.25, -0.2) is 0 Å². The van der Waals surface area contributed by atoms with Crippen LogP contribution in [0.25, 0.3) is 0 Å². The number of benzene rings is 1. The molecule has 0 saturated carbocycles. The molecule has 0 amide bonds. The quantitative estimate of drug-likeness (QED) is 0.683. The van der Waals surface area contributed by atoms with Crippen molar-refractivity contribution in [3.63, 3.8) is 0 Å². The van der Waals surface area contributed by atoms with Crippen LogP contribution in [0.4, 0.5) is 24.5 Å². The maximum atomic E-state index is 12.6. The minimum atomic E-state index is -4.60. The fourth-order valence-electron chi connectivity index (χ4n) is 2.29. The van der Waals surface area contributed by atoms with Crippen LogP contribution >= 0.6 is 0 Å². The minimum absolute atomic E-state index is 0.0902. The van der Waals surface area contributed by atoms with Gasteiger partial charge in [-0.2, -0.15) is 13.2 Å². The van der Waals surface area contributed by atoms with Crippen LogP contribution in [0.15, 0.2) is 18.2 Å². The maximum Gasteiger partial charge on any atom is 0.416 e. The lowest BCUT2D eigenvalue weighted by molar-refractivity contribution is -0.384. The smallest absolute Gasteiger partial charge is 0.381 e. The molecule has 1 aromatic rings. The Balaban J connectivity index is 2.24. The Morgan fingerprint density at radius 2 is 2.19 bits per heavy atom.